The van der Waals surface area contributed by atoms with Crippen LogP contribution in [0.5, 0.6) is 0 Å². The smallest absolute Gasteiger partial charge is 0.310 e. The zero-order valence-corrected chi connectivity index (χ0v) is 10.3. The van der Waals surface area contributed by atoms with Crippen molar-refractivity contribution in [3.8, 4) is 6.07 Å². The van der Waals surface area contributed by atoms with Crippen LogP contribution < -0.4 is 0 Å². The third-order valence-corrected chi connectivity index (χ3v) is 2.42. The molecular formula is C12H12N2O5. The number of esters is 1. The van der Waals surface area contributed by atoms with Crippen LogP contribution in [0.4, 0.5) is 5.69 Å². The van der Waals surface area contributed by atoms with Gasteiger partial charge in [-0.05, 0) is 12.5 Å². The first-order valence-corrected chi connectivity index (χ1v) is 5.50. The van der Waals surface area contributed by atoms with Crippen LogP contribution in [-0.2, 0) is 22.6 Å². The number of hydrogen-bond acceptors (Lipinski definition) is 6. The second kappa shape index (κ2) is 6.47. The molecule has 0 saturated heterocycles. The number of benzene rings is 1. The first kappa shape index (κ1) is 14.6. The maximum Gasteiger partial charge on any atom is 0.310 e. The molecule has 0 aromatic heterocycles. The molecule has 0 unspecified atom stereocenters. The van der Waals surface area contributed by atoms with E-state index in [4.69, 9.17) is 15.1 Å². The molecule has 7 heteroatoms. The molecule has 0 fully saturated rings. The second-order valence-electron chi connectivity index (χ2n) is 3.65. The summed E-state index contributed by atoms with van der Waals surface area (Å²) < 4.78 is 4.74. The van der Waals surface area contributed by atoms with Crippen LogP contribution in [0.25, 0.3) is 0 Å². The van der Waals surface area contributed by atoms with Crippen LogP contribution >= 0.6 is 0 Å². The number of nitrogens with zero attached hydrogens (tertiary/aromatic N) is 2. The molecule has 1 aromatic rings. The van der Waals surface area contributed by atoms with Gasteiger partial charge in [-0.25, -0.2) is 0 Å². The van der Waals surface area contributed by atoms with Gasteiger partial charge in [-0.2, -0.15) is 5.26 Å². The van der Waals surface area contributed by atoms with E-state index in [1.807, 2.05) is 6.07 Å². The number of aliphatic hydroxyl groups is 1. The number of nitro groups is 1. The average Bonchev–Trinajstić information content (AvgIpc) is 2.37. The summed E-state index contributed by atoms with van der Waals surface area (Å²) >= 11 is 0. The van der Waals surface area contributed by atoms with E-state index in [1.165, 1.54) is 0 Å². The topological polar surface area (TPSA) is 113 Å². The fraction of sp³-hybridized carbons (Fsp3) is 0.333. The van der Waals surface area contributed by atoms with E-state index in [9.17, 15) is 14.9 Å². The Hall–Kier alpha value is -2.46. The molecule has 0 radical (unpaired) electrons. The average molecular weight is 264 g/mol. The third kappa shape index (κ3) is 3.50. The van der Waals surface area contributed by atoms with Crippen molar-refractivity contribution in [1.29, 1.82) is 5.26 Å². The Morgan fingerprint density at radius 2 is 2.16 bits per heavy atom. The van der Waals surface area contributed by atoms with Gasteiger partial charge in [0.05, 0.1) is 36.2 Å². The molecule has 0 atom stereocenters. The quantitative estimate of drug-likeness (QED) is 0.483. The lowest BCUT2D eigenvalue weighted by atomic mass is 9.99. The number of carbonyl (C=O) groups is 1. The highest BCUT2D eigenvalue weighted by molar-refractivity contribution is 5.74. The Bertz CT molecular complexity index is 548. The molecule has 7 nitrogen and oxygen atoms in total. The summed E-state index contributed by atoms with van der Waals surface area (Å²) in [6.07, 6.45) is -0.245. The van der Waals surface area contributed by atoms with E-state index in [0.717, 1.165) is 12.1 Å². The lowest BCUT2D eigenvalue weighted by molar-refractivity contribution is -0.385. The molecule has 0 spiro atoms. The number of hydrogen-bond donors (Lipinski definition) is 1. The predicted octanol–water partition coefficient (Wildman–Crippen LogP) is 1.06. The molecule has 0 aliphatic heterocycles. The van der Waals surface area contributed by atoms with Crippen molar-refractivity contribution >= 4 is 11.7 Å². The van der Waals surface area contributed by atoms with E-state index in [2.05, 4.69) is 0 Å². The molecule has 19 heavy (non-hydrogen) atoms. The van der Waals surface area contributed by atoms with Crippen molar-refractivity contribution in [3.05, 3.63) is 38.9 Å². The highest BCUT2D eigenvalue weighted by Crippen LogP contribution is 2.23. The van der Waals surface area contributed by atoms with Gasteiger partial charge in [0.2, 0.25) is 0 Å². The highest BCUT2D eigenvalue weighted by atomic mass is 16.6. The summed E-state index contributed by atoms with van der Waals surface area (Å²) in [5.74, 6) is -0.580. The van der Waals surface area contributed by atoms with Crippen molar-refractivity contribution in [2.45, 2.75) is 20.0 Å². The van der Waals surface area contributed by atoms with Crippen molar-refractivity contribution in [2.75, 3.05) is 6.61 Å². The van der Waals surface area contributed by atoms with Gasteiger partial charge in [-0.3, -0.25) is 14.9 Å². The Labute approximate surface area is 109 Å². The van der Waals surface area contributed by atoms with Gasteiger partial charge in [0.15, 0.2) is 0 Å². The van der Waals surface area contributed by atoms with Gasteiger partial charge in [0.25, 0.3) is 5.69 Å². The first-order chi connectivity index (χ1) is 9.03. The monoisotopic (exact) mass is 264 g/mol. The zero-order valence-electron chi connectivity index (χ0n) is 10.3. The van der Waals surface area contributed by atoms with Crippen molar-refractivity contribution in [2.24, 2.45) is 0 Å². The third-order valence-electron chi connectivity index (χ3n) is 2.42. The Kier molecular flexibility index (Phi) is 4.97. The molecule has 100 valence electrons. The minimum Gasteiger partial charge on any atom is -0.466 e. The maximum absolute atomic E-state index is 11.4. The first-order valence-electron chi connectivity index (χ1n) is 5.50. The van der Waals surface area contributed by atoms with E-state index in [1.54, 1.807) is 6.92 Å². The minimum absolute atomic E-state index is 0.0705. The summed E-state index contributed by atoms with van der Waals surface area (Å²) in [6, 6.07) is 4.10. The Morgan fingerprint density at radius 1 is 1.53 bits per heavy atom. The van der Waals surface area contributed by atoms with Crippen LogP contribution in [0, 0.1) is 21.4 Å². The standard InChI is InChI=1S/C12H12N2O5/c1-2-19-12(16)5-8-3-10(14(17)18)4-9(7-15)11(8)6-13/h3-4,15H,2,5,7H2,1H3. The predicted molar refractivity (Wildman–Crippen MR) is 64.1 cm³/mol. The van der Waals surface area contributed by atoms with Crippen molar-refractivity contribution in [3.63, 3.8) is 0 Å². The fourth-order valence-electron chi connectivity index (χ4n) is 1.63. The van der Waals surface area contributed by atoms with E-state index in [0.29, 0.717) is 0 Å². The molecule has 0 aliphatic carbocycles. The Morgan fingerprint density at radius 3 is 2.63 bits per heavy atom. The molecule has 1 N–H and O–H groups in total. The van der Waals surface area contributed by atoms with Gasteiger partial charge in [0, 0.05) is 17.7 Å². The lowest BCUT2D eigenvalue weighted by Gasteiger charge is -2.07. The molecule has 0 bridgehead atoms. The summed E-state index contributed by atoms with van der Waals surface area (Å²) in [5.41, 5.74) is 0.0960. The zero-order chi connectivity index (χ0) is 14.4. The molecule has 0 saturated carbocycles. The highest BCUT2D eigenvalue weighted by Gasteiger charge is 2.18. The van der Waals surface area contributed by atoms with E-state index in [-0.39, 0.29) is 35.4 Å². The number of nitro benzene ring substituents is 1. The number of carbonyl (C=O) groups excluding carboxylic acids is 1. The number of non-ortho nitro benzene ring substituents is 1. The summed E-state index contributed by atoms with van der Waals surface area (Å²) in [6.45, 7) is 1.30. The number of nitriles is 1. The maximum atomic E-state index is 11.4. The molecular weight excluding hydrogens is 252 g/mol. The van der Waals surface area contributed by atoms with Crippen LogP contribution in [0.3, 0.4) is 0 Å². The SMILES string of the molecule is CCOC(=O)Cc1cc([N+](=O)[O-])cc(CO)c1C#N. The molecule has 0 amide bonds. The summed E-state index contributed by atoms with van der Waals surface area (Å²) in [7, 11) is 0. The lowest BCUT2D eigenvalue weighted by Crippen LogP contribution is -2.10. The van der Waals surface area contributed by atoms with Crippen LogP contribution in [0.15, 0.2) is 12.1 Å². The van der Waals surface area contributed by atoms with Gasteiger partial charge in [-0.15, -0.1) is 0 Å². The van der Waals surface area contributed by atoms with Crippen molar-refractivity contribution < 1.29 is 19.6 Å². The van der Waals surface area contributed by atoms with Gasteiger partial charge >= 0.3 is 5.97 Å². The summed E-state index contributed by atoms with van der Waals surface area (Å²) in [5, 5.41) is 28.9. The van der Waals surface area contributed by atoms with Crippen LogP contribution in [0.1, 0.15) is 23.6 Å². The minimum atomic E-state index is -0.644. The van der Waals surface area contributed by atoms with Crippen LogP contribution in [-0.4, -0.2) is 22.6 Å². The van der Waals surface area contributed by atoms with E-state index >= 15 is 0 Å². The molecule has 1 aromatic carbocycles. The van der Waals surface area contributed by atoms with Crippen molar-refractivity contribution in [1.82, 2.24) is 0 Å². The fourth-order valence-corrected chi connectivity index (χ4v) is 1.63. The normalized spacial score (nSPS) is 9.74. The largest absolute Gasteiger partial charge is 0.466 e. The number of rotatable bonds is 5. The molecule has 0 heterocycles. The van der Waals surface area contributed by atoms with Gasteiger partial charge in [0.1, 0.15) is 0 Å². The molecule has 0 aliphatic rings. The van der Waals surface area contributed by atoms with Gasteiger partial charge in [-0.1, -0.05) is 0 Å². The number of aliphatic hydroxyl groups excluding tert-OH is 1. The van der Waals surface area contributed by atoms with Crippen LogP contribution in [0.2, 0.25) is 0 Å². The van der Waals surface area contributed by atoms with E-state index < -0.39 is 17.5 Å². The second-order valence-corrected chi connectivity index (χ2v) is 3.65. The Balaban J connectivity index is 3.27. The summed E-state index contributed by atoms with van der Waals surface area (Å²) in [4.78, 5) is 21.5. The molecule has 1 rings (SSSR count). The number of ether oxygens (including phenoxy) is 1. The van der Waals surface area contributed by atoms with Gasteiger partial charge < -0.3 is 9.84 Å².